The average molecular weight is 299 g/mol. The SMILES string of the molecule is CCn1cc(S(=O)(=O)N2CC3CCC(C2)O3)cc1CN. The standard InChI is InChI=1S/C13H21N3O3S/c1-2-15-9-13(5-10(15)6-14)20(17,18)16-7-11-3-4-12(8-16)19-11/h5,9,11-12H,2-4,6-8,14H2,1H3. The van der Waals surface area contributed by atoms with Gasteiger partial charge in [-0.05, 0) is 25.8 Å². The van der Waals surface area contributed by atoms with Gasteiger partial charge in [0.15, 0.2) is 0 Å². The van der Waals surface area contributed by atoms with Gasteiger partial charge in [0.1, 0.15) is 4.90 Å². The summed E-state index contributed by atoms with van der Waals surface area (Å²) in [5.74, 6) is 0. The van der Waals surface area contributed by atoms with Gasteiger partial charge in [-0.15, -0.1) is 0 Å². The van der Waals surface area contributed by atoms with Gasteiger partial charge in [-0.1, -0.05) is 0 Å². The highest BCUT2D eigenvalue weighted by molar-refractivity contribution is 7.89. The summed E-state index contributed by atoms with van der Waals surface area (Å²) in [4.78, 5) is 0.348. The predicted octanol–water partition coefficient (Wildman–Crippen LogP) is 0.519. The van der Waals surface area contributed by atoms with Crippen molar-refractivity contribution < 1.29 is 13.2 Å². The number of aromatic nitrogens is 1. The lowest BCUT2D eigenvalue weighted by Gasteiger charge is -2.30. The van der Waals surface area contributed by atoms with E-state index in [0.717, 1.165) is 25.1 Å². The molecule has 0 spiro atoms. The molecule has 7 heteroatoms. The van der Waals surface area contributed by atoms with Gasteiger partial charge in [-0.2, -0.15) is 4.31 Å². The molecule has 1 aromatic rings. The molecule has 0 aliphatic carbocycles. The first-order valence-electron chi connectivity index (χ1n) is 7.09. The summed E-state index contributed by atoms with van der Waals surface area (Å²) in [7, 11) is -3.43. The number of hydrogen-bond acceptors (Lipinski definition) is 4. The Morgan fingerprint density at radius 1 is 1.35 bits per heavy atom. The van der Waals surface area contributed by atoms with Crippen LogP contribution in [0.25, 0.3) is 0 Å². The molecule has 2 saturated heterocycles. The minimum atomic E-state index is -3.43. The summed E-state index contributed by atoms with van der Waals surface area (Å²) < 4.78 is 34.6. The Labute approximate surface area is 119 Å². The quantitative estimate of drug-likeness (QED) is 0.879. The number of fused-ring (bicyclic) bond motifs is 2. The minimum Gasteiger partial charge on any atom is -0.372 e. The van der Waals surface area contributed by atoms with Gasteiger partial charge < -0.3 is 15.0 Å². The van der Waals surface area contributed by atoms with Gasteiger partial charge in [-0.3, -0.25) is 0 Å². The molecule has 2 fully saturated rings. The van der Waals surface area contributed by atoms with Crippen LogP contribution in [-0.2, 0) is 27.8 Å². The molecule has 1 aromatic heterocycles. The van der Waals surface area contributed by atoms with Gasteiger partial charge in [0, 0.05) is 38.1 Å². The number of ether oxygens (including phenoxy) is 1. The molecule has 112 valence electrons. The fourth-order valence-electron chi connectivity index (χ4n) is 3.06. The topological polar surface area (TPSA) is 77.6 Å². The van der Waals surface area contributed by atoms with E-state index in [1.165, 1.54) is 0 Å². The molecule has 2 bridgehead atoms. The monoisotopic (exact) mass is 299 g/mol. The van der Waals surface area contributed by atoms with Gasteiger partial charge in [0.05, 0.1) is 12.2 Å². The Hall–Kier alpha value is -0.890. The maximum Gasteiger partial charge on any atom is 0.244 e. The van der Waals surface area contributed by atoms with Crippen LogP contribution in [0.2, 0.25) is 0 Å². The fraction of sp³-hybridized carbons (Fsp3) is 0.692. The summed E-state index contributed by atoms with van der Waals surface area (Å²) in [5.41, 5.74) is 6.52. The summed E-state index contributed by atoms with van der Waals surface area (Å²) in [5, 5.41) is 0. The minimum absolute atomic E-state index is 0.0609. The van der Waals surface area contributed by atoms with Crippen molar-refractivity contribution in [2.24, 2.45) is 5.73 Å². The van der Waals surface area contributed by atoms with E-state index in [9.17, 15) is 8.42 Å². The molecule has 3 heterocycles. The number of nitrogens with two attached hydrogens (primary N) is 1. The van der Waals surface area contributed by atoms with Crippen LogP contribution in [0.3, 0.4) is 0 Å². The first kappa shape index (κ1) is 14.1. The second-order valence-electron chi connectivity index (χ2n) is 5.44. The van der Waals surface area contributed by atoms with Crippen LogP contribution < -0.4 is 5.73 Å². The lowest BCUT2D eigenvalue weighted by molar-refractivity contribution is -0.0114. The van der Waals surface area contributed by atoms with Crippen LogP contribution in [0.15, 0.2) is 17.2 Å². The second kappa shape index (κ2) is 5.14. The molecule has 2 N–H and O–H groups in total. The summed E-state index contributed by atoms with van der Waals surface area (Å²) in [6.07, 6.45) is 3.73. The van der Waals surface area contributed by atoms with Gasteiger partial charge >= 0.3 is 0 Å². The number of hydrogen-bond donors (Lipinski definition) is 1. The number of morpholine rings is 1. The lowest BCUT2D eigenvalue weighted by Crippen LogP contribution is -2.45. The van der Waals surface area contributed by atoms with Crippen molar-refractivity contribution >= 4 is 10.0 Å². The third-order valence-electron chi connectivity index (χ3n) is 4.16. The van der Waals surface area contributed by atoms with Crippen LogP contribution in [-0.4, -0.2) is 42.6 Å². The molecule has 2 aliphatic heterocycles. The van der Waals surface area contributed by atoms with Gasteiger partial charge in [0.2, 0.25) is 10.0 Å². The Bertz CT molecular complexity index is 563. The van der Waals surface area contributed by atoms with Crippen LogP contribution in [0.1, 0.15) is 25.5 Å². The Morgan fingerprint density at radius 2 is 2.00 bits per heavy atom. The van der Waals surface area contributed by atoms with E-state index in [1.54, 1.807) is 16.6 Å². The predicted molar refractivity (Wildman–Crippen MR) is 74.7 cm³/mol. The van der Waals surface area contributed by atoms with Gasteiger partial charge in [0.25, 0.3) is 0 Å². The van der Waals surface area contributed by atoms with Crippen LogP contribution >= 0.6 is 0 Å². The van der Waals surface area contributed by atoms with E-state index in [-0.39, 0.29) is 12.2 Å². The molecule has 0 radical (unpaired) electrons. The lowest BCUT2D eigenvalue weighted by atomic mass is 10.2. The number of rotatable bonds is 4. The van der Waals surface area contributed by atoms with Crippen molar-refractivity contribution in [2.45, 2.75) is 50.0 Å². The Morgan fingerprint density at radius 3 is 2.50 bits per heavy atom. The number of sulfonamides is 1. The molecular weight excluding hydrogens is 278 g/mol. The third kappa shape index (κ3) is 2.28. The zero-order chi connectivity index (χ0) is 14.3. The van der Waals surface area contributed by atoms with E-state index >= 15 is 0 Å². The Balaban J connectivity index is 1.89. The van der Waals surface area contributed by atoms with Crippen LogP contribution in [0.5, 0.6) is 0 Å². The smallest absolute Gasteiger partial charge is 0.244 e. The average Bonchev–Trinajstić information content (AvgIpc) is 3.01. The summed E-state index contributed by atoms with van der Waals surface area (Å²) >= 11 is 0. The van der Waals surface area contributed by atoms with Crippen molar-refractivity contribution in [1.29, 1.82) is 0 Å². The van der Waals surface area contributed by atoms with E-state index in [4.69, 9.17) is 10.5 Å². The van der Waals surface area contributed by atoms with E-state index in [1.807, 2.05) is 11.5 Å². The Kier molecular flexibility index (Phi) is 3.62. The molecule has 3 rings (SSSR count). The molecule has 20 heavy (non-hydrogen) atoms. The first-order valence-corrected chi connectivity index (χ1v) is 8.53. The van der Waals surface area contributed by atoms with Crippen molar-refractivity contribution in [3.8, 4) is 0 Å². The maximum atomic E-state index is 12.7. The largest absolute Gasteiger partial charge is 0.372 e. The van der Waals surface area contributed by atoms with Gasteiger partial charge in [-0.25, -0.2) is 8.42 Å². The van der Waals surface area contributed by atoms with E-state index in [2.05, 4.69) is 0 Å². The van der Waals surface area contributed by atoms with Crippen molar-refractivity contribution in [3.63, 3.8) is 0 Å². The second-order valence-corrected chi connectivity index (χ2v) is 7.37. The highest BCUT2D eigenvalue weighted by Crippen LogP contribution is 2.30. The van der Waals surface area contributed by atoms with E-state index in [0.29, 0.717) is 24.5 Å². The van der Waals surface area contributed by atoms with Crippen LogP contribution in [0, 0.1) is 0 Å². The highest BCUT2D eigenvalue weighted by atomic mass is 32.2. The molecule has 2 unspecified atom stereocenters. The molecule has 2 atom stereocenters. The van der Waals surface area contributed by atoms with Crippen molar-refractivity contribution in [1.82, 2.24) is 8.87 Å². The normalized spacial score (nSPS) is 27.1. The zero-order valence-corrected chi connectivity index (χ0v) is 12.5. The highest BCUT2D eigenvalue weighted by Gasteiger charge is 2.39. The number of nitrogens with zero attached hydrogens (tertiary/aromatic N) is 2. The molecule has 0 saturated carbocycles. The van der Waals surface area contributed by atoms with Crippen LogP contribution in [0.4, 0.5) is 0 Å². The molecule has 0 aromatic carbocycles. The summed E-state index contributed by atoms with van der Waals surface area (Å²) in [6, 6.07) is 1.69. The maximum absolute atomic E-state index is 12.7. The van der Waals surface area contributed by atoms with Crippen molar-refractivity contribution in [2.75, 3.05) is 13.1 Å². The fourth-order valence-corrected chi connectivity index (χ4v) is 4.62. The van der Waals surface area contributed by atoms with Crippen molar-refractivity contribution in [3.05, 3.63) is 18.0 Å². The summed E-state index contributed by atoms with van der Waals surface area (Å²) in [6.45, 7) is 3.97. The zero-order valence-electron chi connectivity index (χ0n) is 11.7. The third-order valence-corrected chi connectivity index (χ3v) is 5.96. The molecule has 6 nitrogen and oxygen atoms in total. The molecule has 2 aliphatic rings. The number of aryl methyl sites for hydroxylation is 1. The first-order chi connectivity index (χ1) is 9.54. The van der Waals surface area contributed by atoms with E-state index < -0.39 is 10.0 Å². The molecular formula is C13H21N3O3S. The molecule has 0 amide bonds.